The first-order valence-corrected chi connectivity index (χ1v) is 6.33. The molecule has 1 saturated carbocycles. The minimum absolute atomic E-state index is 0.301. The zero-order chi connectivity index (χ0) is 10.7. The number of nitrogens with zero attached hydrogens (tertiary/aromatic N) is 2. The number of rotatable bonds is 2. The predicted octanol–water partition coefficient (Wildman–Crippen LogP) is 2.08. The molecular formula is C11H17N3S. The molecule has 4 heteroatoms. The molecule has 3 nitrogen and oxygen atoms in total. The summed E-state index contributed by atoms with van der Waals surface area (Å²) in [6.45, 7) is 2.30. The van der Waals surface area contributed by atoms with Crippen molar-refractivity contribution in [3.8, 4) is 0 Å². The highest BCUT2D eigenvalue weighted by Gasteiger charge is 2.27. The molecule has 82 valence electrons. The fourth-order valence-corrected chi connectivity index (χ4v) is 3.22. The Kier molecular flexibility index (Phi) is 3.59. The summed E-state index contributed by atoms with van der Waals surface area (Å²) in [5.41, 5.74) is 6.11. The van der Waals surface area contributed by atoms with E-state index in [9.17, 15) is 0 Å². The molecule has 0 saturated heterocycles. The Balaban J connectivity index is 1.98. The average Bonchev–Trinajstić information content (AvgIpc) is 2.25. The molecule has 1 aliphatic rings. The highest BCUT2D eigenvalue weighted by atomic mass is 32.2. The Morgan fingerprint density at radius 1 is 1.33 bits per heavy atom. The van der Waals surface area contributed by atoms with Gasteiger partial charge in [-0.3, -0.25) is 0 Å². The smallest absolute Gasteiger partial charge is 0.187 e. The van der Waals surface area contributed by atoms with Crippen LogP contribution in [-0.2, 0) is 0 Å². The summed E-state index contributed by atoms with van der Waals surface area (Å²) in [5, 5.41) is 1.34. The molecule has 3 atom stereocenters. The number of hydrogen-bond acceptors (Lipinski definition) is 4. The summed E-state index contributed by atoms with van der Waals surface area (Å²) >= 11 is 1.73. The lowest BCUT2D eigenvalue weighted by molar-refractivity contribution is 0.357. The molecule has 0 amide bonds. The zero-order valence-corrected chi connectivity index (χ0v) is 9.78. The maximum absolute atomic E-state index is 6.11. The highest BCUT2D eigenvalue weighted by Crippen LogP contribution is 2.33. The van der Waals surface area contributed by atoms with Crippen LogP contribution in [0.5, 0.6) is 0 Å². The molecule has 0 aromatic carbocycles. The lowest BCUT2D eigenvalue weighted by Gasteiger charge is -2.31. The Bertz CT molecular complexity index is 304. The summed E-state index contributed by atoms with van der Waals surface area (Å²) in [5.74, 6) is 0.783. The molecule has 1 aromatic rings. The third kappa shape index (κ3) is 2.92. The Morgan fingerprint density at radius 2 is 2.07 bits per heavy atom. The molecule has 0 spiro atoms. The fourth-order valence-electron chi connectivity index (χ4n) is 1.97. The highest BCUT2D eigenvalue weighted by molar-refractivity contribution is 7.99. The van der Waals surface area contributed by atoms with E-state index in [0.717, 1.165) is 17.5 Å². The van der Waals surface area contributed by atoms with Crippen molar-refractivity contribution >= 4 is 11.8 Å². The van der Waals surface area contributed by atoms with E-state index in [1.807, 2.05) is 6.07 Å². The molecule has 1 aromatic heterocycles. The van der Waals surface area contributed by atoms with Gasteiger partial charge in [-0.25, -0.2) is 9.97 Å². The quantitative estimate of drug-likeness (QED) is 0.780. The SMILES string of the molecule is CC1CCC(N)C(Sc2ncccn2)C1. The fraction of sp³-hybridized carbons (Fsp3) is 0.636. The maximum atomic E-state index is 6.11. The largest absolute Gasteiger partial charge is 0.327 e. The summed E-state index contributed by atoms with van der Waals surface area (Å²) in [7, 11) is 0. The van der Waals surface area contributed by atoms with Crippen molar-refractivity contribution in [2.45, 2.75) is 42.6 Å². The molecule has 2 N–H and O–H groups in total. The third-order valence-electron chi connectivity index (χ3n) is 2.90. The molecule has 3 unspecified atom stereocenters. The van der Waals surface area contributed by atoms with Gasteiger partial charge in [-0.2, -0.15) is 0 Å². The topological polar surface area (TPSA) is 51.8 Å². The minimum atomic E-state index is 0.301. The predicted molar refractivity (Wildman–Crippen MR) is 62.7 cm³/mol. The molecule has 0 aliphatic heterocycles. The van der Waals surface area contributed by atoms with E-state index in [2.05, 4.69) is 16.9 Å². The van der Waals surface area contributed by atoms with Crippen molar-refractivity contribution in [2.24, 2.45) is 11.7 Å². The van der Waals surface area contributed by atoms with Gasteiger partial charge < -0.3 is 5.73 Å². The van der Waals surface area contributed by atoms with Gasteiger partial charge in [0.1, 0.15) is 0 Å². The standard InChI is InChI=1S/C11H17N3S/c1-8-3-4-9(12)10(7-8)15-11-13-5-2-6-14-11/h2,5-6,8-10H,3-4,7,12H2,1H3. The number of aromatic nitrogens is 2. The van der Waals surface area contributed by atoms with Crippen LogP contribution in [0.25, 0.3) is 0 Å². The third-order valence-corrected chi connectivity index (χ3v) is 4.17. The van der Waals surface area contributed by atoms with E-state index in [-0.39, 0.29) is 0 Å². The van der Waals surface area contributed by atoms with Gasteiger partial charge in [0.2, 0.25) is 0 Å². The molecule has 1 aliphatic carbocycles. The van der Waals surface area contributed by atoms with Crippen LogP contribution < -0.4 is 5.73 Å². The first kappa shape index (κ1) is 10.9. The molecule has 2 rings (SSSR count). The van der Waals surface area contributed by atoms with Crippen molar-refractivity contribution < 1.29 is 0 Å². The number of thioether (sulfide) groups is 1. The normalized spacial score (nSPS) is 31.5. The molecule has 1 fully saturated rings. The van der Waals surface area contributed by atoms with Gasteiger partial charge in [0.05, 0.1) is 0 Å². The van der Waals surface area contributed by atoms with E-state index >= 15 is 0 Å². The summed E-state index contributed by atoms with van der Waals surface area (Å²) < 4.78 is 0. The van der Waals surface area contributed by atoms with Crippen molar-refractivity contribution in [2.75, 3.05) is 0 Å². The van der Waals surface area contributed by atoms with Gasteiger partial charge in [0, 0.05) is 23.7 Å². The van der Waals surface area contributed by atoms with Crippen LogP contribution in [0.3, 0.4) is 0 Å². The van der Waals surface area contributed by atoms with Crippen LogP contribution in [0.2, 0.25) is 0 Å². The Morgan fingerprint density at radius 3 is 2.80 bits per heavy atom. The van der Waals surface area contributed by atoms with Crippen LogP contribution in [0.15, 0.2) is 23.6 Å². The van der Waals surface area contributed by atoms with Crippen LogP contribution in [0.1, 0.15) is 26.2 Å². The lowest BCUT2D eigenvalue weighted by atomic mass is 9.87. The number of nitrogens with two attached hydrogens (primary N) is 1. The molecule has 1 heterocycles. The summed E-state index contributed by atoms with van der Waals surface area (Å²) in [4.78, 5) is 8.46. The zero-order valence-electron chi connectivity index (χ0n) is 8.97. The second-order valence-corrected chi connectivity index (χ2v) is 5.48. The van der Waals surface area contributed by atoms with E-state index in [4.69, 9.17) is 5.73 Å². The first-order valence-electron chi connectivity index (χ1n) is 5.45. The number of hydrogen-bond donors (Lipinski definition) is 1. The van der Waals surface area contributed by atoms with Gasteiger partial charge in [-0.1, -0.05) is 18.7 Å². The average molecular weight is 223 g/mol. The van der Waals surface area contributed by atoms with Gasteiger partial charge in [-0.15, -0.1) is 0 Å². The van der Waals surface area contributed by atoms with Crippen LogP contribution in [0, 0.1) is 5.92 Å². The van der Waals surface area contributed by atoms with E-state index in [0.29, 0.717) is 11.3 Å². The Hall–Kier alpha value is -0.610. The maximum Gasteiger partial charge on any atom is 0.187 e. The molecule has 0 radical (unpaired) electrons. The lowest BCUT2D eigenvalue weighted by Crippen LogP contribution is -2.37. The van der Waals surface area contributed by atoms with Crippen molar-refractivity contribution in [3.63, 3.8) is 0 Å². The van der Waals surface area contributed by atoms with E-state index in [1.54, 1.807) is 24.2 Å². The van der Waals surface area contributed by atoms with Gasteiger partial charge >= 0.3 is 0 Å². The molecule has 15 heavy (non-hydrogen) atoms. The second-order valence-electron chi connectivity index (χ2n) is 4.27. The van der Waals surface area contributed by atoms with Crippen LogP contribution in [-0.4, -0.2) is 21.3 Å². The first-order chi connectivity index (χ1) is 7.25. The molecule has 0 bridgehead atoms. The van der Waals surface area contributed by atoms with E-state index < -0.39 is 0 Å². The van der Waals surface area contributed by atoms with Gasteiger partial charge in [-0.05, 0) is 31.2 Å². The Labute approximate surface area is 94.9 Å². The molecular weight excluding hydrogens is 206 g/mol. The summed E-state index contributed by atoms with van der Waals surface area (Å²) in [6.07, 6.45) is 7.14. The van der Waals surface area contributed by atoms with E-state index in [1.165, 1.54) is 12.8 Å². The van der Waals surface area contributed by atoms with Crippen molar-refractivity contribution in [3.05, 3.63) is 18.5 Å². The minimum Gasteiger partial charge on any atom is -0.327 e. The van der Waals surface area contributed by atoms with Gasteiger partial charge in [0.25, 0.3) is 0 Å². The van der Waals surface area contributed by atoms with Crippen LogP contribution >= 0.6 is 11.8 Å². The van der Waals surface area contributed by atoms with Crippen molar-refractivity contribution in [1.82, 2.24) is 9.97 Å². The second kappa shape index (κ2) is 4.94. The van der Waals surface area contributed by atoms with Crippen molar-refractivity contribution in [1.29, 1.82) is 0 Å². The summed E-state index contributed by atoms with van der Waals surface area (Å²) in [6, 6.07) is 2.14. The van der Waals surface area contributed by atoms with Gasteiger partial charge in [0.15, 0.2) is 5.16 Å². The monoisotopic (exact) mass is 223 g/mol. The van der Waals surface area contributed by atoms with Crippen LogP contribution in [0.4, 0.5) is 0 Å².